The third-order valence-electron chi connectivity index (χ3n) is 0.566. The van der Waals surface area contributed by atoms with E-state index in [9.17, 15) is 0 Å². The van der Waals surface area contributed by atoms with Crippen LogP contribution in [0.2, 0.25) is 0 Å². The first kappa shape index (κ1) is 8.04. The SMILES string of the molecule is [Li][Cl].c1ccncc1. The number of nitrogens with zero attached hydrogens (tertiary/aromatic N) is 1. The van der Waals surface area contributed by atoms with Gasteiger partial charge < -0.3 is 0 Å². The molecule has 0 N–H and O–H groups in total. The van der Waals surface area contributed by atoms with Crippen LogP contribution in [0.15, 0.2) is 30.6 Å². The molecule has 0 aliphatic heterocycles. The van der Waals surface area contributed by atoms with Crippen LogP contribution in [0.4, 0.5) is 0 Å². The molecule has 0 spiro atoms. The molecule has 1 nitrogen and oxygen atoms in total. The van der Waals surface area contributed by atoms with Gasteiger partial charge in [0.25, 0.3) is 0 Å². The summed E-state index contributed by atoms with van der Waals surface area (Å²) in [6.45, 7) is 0. The summed E-state index contributed by atoms with van der Waals surface area (Å²) >= 11 is 1.47. The predicted molar refractivity (Wildman–Crippen MR) is 35.8 cm³/mol. The Labute approximate surface area is 62.4 Å². The van der Waals surface area contributed by atoms with Crippen molar-refractivity contribution in [1.29, 1.82) is 0 Å². The number of aromatic nitrogens is 1. The molecule has 8 heavy (non-hydrogen) atoms. The third kappa shape index (κ3) is 4.20. The Hall–Kier alpha value is 0.0374. The molecule has 0 saturated heterocycles. The molecule has 0 unspecified atom stereocenters. The Morgan fingerprint density at radius 1 is 1.00 bits per heavy atom. The van der Waals surface area contributed by atoms with Crippen LogP contribution >= 0.6 is 9.80 Å². The van der Waals surface area contributed by atoms with E-state index in [4.69, 9.17) is 0 Å². The molecule has 0 amide bonds. The molecule has 1 heterocycles. The molecule has 0 aliphatic rings. The zero-order chi connectivity index (χ0) is 6.24. The molecule has 3 heteroatoms. The normalized spacial score (nSPS) is 6.88. The molecule has 1 aromatic heterocycles. The summed E-state index contributed by atoms with van der Waals surface area (Å²) in [5.41, 5.74) is 0. The molecule has 0 bridgehead atoms. The van der Waals surface area contributed by atoms with Crippen molar-refractivity contribution in [3.8, 4) is 0 Å². The second-order valence-corrected chi connectivity index (χ2v) is 1.02. The topological polar surface area (TPSA) is 12.9 Å². The molecule has 1 rings (SSSR count). The van der Waals surface area contributed by atoms with E-state index in [-0.39, 0.29) is 0 Å². The van der Waals surface area contributed by atoms with Crippen molar-refractivity contribution in [2.45, 2.75) is 0 Å². The Morgan fingerprint density at radius 3 is 1.62 bits per heavy atom. The molecule has 38 valence electrons. The van der Waals surface area contributed by atoms with Crippen LogP contribution in [0.5, 0.6) is 0 Å². The summed E-state index contributed by atoms with van der Waals surface area (Å²) in [5.74, 6) is 0. The molecular weight excluding hydrogens is 116 g/mol. The predicted octanol–water partition coefficient (Wildman–Crippen LogP) is 1.39. The van der Waals surface area contributed by atoms with Gasteiger partial charge in [0, 0.05) is 12.4 Å². The average Bonchev–Trinajstić information content (AvgIpc) is 1.96. The van der Waals surface area contributed by atoms with Gasteiger partial charge in [-0.05, 0) is 12.1 Å². The fourth-order valence-electron chi connectivity index (χ4n) is 0.313. The van der Waals surface area contributed by atoms with Gasteiger partial charge in [-0.1, -0.05) is 6.07 Å². The van der Waals surface area contributed by atoms with E-state index >= 15 is 0 Å². The minimum Gasteiger partial charge on any atom is -0.265 e. The number of pyridine rings is 1. The monoisotopic (exact) mass is 121 g/mol. The van der Waals surface area contributed by atoms with E-state index in [0.29, 0.717) is 0 Å². The van der Waals surface area contributed by atoms with Gasteiger partial charge >= 0.3 is 26.5 Å². The van der Waals surface area contributed by atoms with Gasteiger partial charge in [0.2, 0.25) is 0 Å². The van der Waals surface area contributed by atoms with E-state index in [1.165, 1.54) is 16.7 Å². The van der Waals surface area contributed by atoms with E-state index < -0.39 is 0 Å². The molecule has 0 fully saturated rings. The van der Waals surface area contributed by atoms with Crippen LogP contribution in [-0.4, -0.2) is 21.7 Å². The number of hydrogen-bond donors (Lipinski definition) is 0. The summed E-state index contributed by atoms with van der Waals surface area (Å²) < 4.78 is 0. The second kappa shape index (κ2) is 7.04. The summed E-state index contributed by atoms with van der Waals surface area (Å²) in [7, 11) is 4.64. The standard InChI is InChI=1S/C5H5N.ClH.Li/c1-2-4-6-5-3-1;;/h1-5H;1H;/q;;+1/p-1. The zero-order valence-electron chi connectivity index (χ0n) is 4.71. The van der Waals surface area contributed by atoms with Crippen LogP contribution in [0.3, 0.4) is 0 Å². The Morgan fingerprint density at radius 2 is 1.50 bits per heavy atom. The van der Waals surface area contributed by atoms with Crippen LogP contribution in [-0.2, 0) is 0 Å². The van der Waals surface area contributed by atoms with Crippen molar-refractivity contribution < 1.29 is 0 Å². The minimum atomic E-state index is 1.47. The Kier molecular flexibility index (Phi) is 7.07. The summed E-state index contributed by atoms with van der Waals surface area (Å²) in [4.78, 5) is 3.78. The first-order valence-electron chi connectivity index (χ1n) is 2.23. The van der Waals surface area contributed by atoms with E-state index in [1.807, 2.05) is 18.2 Å². The first-order chi connectivity index (χ1) is 4.00. The maximum atomic E-state index is 4.64. The van der Waals surface area contributed by atoms with Crippen molar-refractivity contribution in [1.82, 2.24) is 4.98 Å². The van der Waals surface area contributed by atoms with Crippen LogP contribution in [0.25, 0.3) is 0 Å². The fourth-order valence-corrected chi connectivity index (χ4v) is 0.313. The Balaban J connectivity index is 0.000000222. The number of rotatable bonds is 0. The van der Waals surface area contributed by atoms with Crippen molar-refractivity contribution in [2.75, 3.05) is 0 Å². The third-order valence-corrected chi connectivity index (χ3v) is 0.566. The van der Waals surface area contributed by atoms with Crippen molar-refractivity contribution in [3.63, 3.8) is 0 Å². The molecule has 0 radical (unpaired) electrons. The van der Waals surface area contributed by atoms with Crippen molar-refractivity contribution in [3.05, 3.63) is 30.6 Å². The van der Waals surface area contributed by atoms with E-state index in [2.05, 4.69) is 14.8 Å². The van der Waals surface area contributed by atoms with E-state index in [0.717, 1.165) is 0 Å². The minimum absolute atomic E-state index is 1.47. The first-order valence-corrected chi connectivity index (χ1v) is 2.98. The largest absolute Gasteiger partial charge is 0.265 e. The molecule has 0 aliphatic carbocycles. The molecule has 1 aromatic rings. The molecular formula is C5H5ClLiN. The van der Waals surface area contributed by atoms with Gasteiger partial charge in [0.15, 0.2) is 0 Å². The van der Waals surface area contributed by atoms with Crippen LogP contribution in [0.1, 0.15) is 0 Å². The number of halogens is 1. The van der Waals surface area contributed by atoms with E-state index in [1.54, 1.807) is 12.4 Å². The van der Waals surface area contributed by atoms with Gasteiger partial charge in [0.1, 0.15) is 0 Å². The van der Waals surface area contributed by atoms with Gasteiger partial charge in [-0.15, -0.1) is 0 Å². The zero-order valence-corrected chi connectivity index (χ0v) is 5.47. The maximum absolute atomic E-state index is 4.64. The van der Waals surface area contributed by atoms with Gasteiger partial charge in [0.05, 0.1) is 0 Å². The summed E-state index contributed by atoms with van der Waals surface area (Å²) in [6, 6.07) is 5.72. The Bertz CT molecular complexity index is 84.4. The molecule has 0 saturated carbocycles. The number of hydrogen-bond acceptors (Lipinski definition) is 1. The quantitative estimate of drug-likeness (QED) is 0.473. The second-order valence-electron chi connectivity index (χ2n) is 1.02. The fraction of sp³-hybridized carbons (Fsp3) is 0. The van der Waals surface area contributed by atoms with Gasteiger partial charge in [-0.2, -0.15) is 0 Å². The smallest absolute Gasteiger partial charge is 0.0267 e. The average molecular weight is 121 g/mol. The molecule has 0 atom stereocenters. The van der Waals surface area contributed by atoms with Gasteiger partial charge in [-0.3, -0.25) is 4.98 Å². The molecule has 0 aromatic carbocycles. The van der Waals surface area contributed by atoms with Crippen LogP contribution in [0, 0.1) is 0 Å². The summed E-state index contributed by atoms with van der Waals surface area (Å²) in [5, 5.41) is 0. The van der Waals surface area contributed by atoms with Crippen LogP contribution < -0.4 is 0 Å². The summed E-state index contributed by atoms with van der Waals surface area (Å²) in [6.07, 6.45) is 3.50. The van der Waals surface area contributed by atoms with Crippen molar-refractivity contribution >= 4 is 26.5 Å². The van der Waals surface area contributed by atoms with Gasteiger partial charge in [-0.25, -0.2) is 0 Å². The maximum Gasteiger partial charge on any atom is 0.0267 e. The van der Waals surface area contributed by atoms with Crippen molar-refractivity contribution in [2.24, 2.45) is 0 Å².